The SMILES string of the molecule is C#CCCC(O)c1ccc(F)cc1Cl. The summed E-state index contributed by atoms with van der Waals surface area (Å²) in [6.07, 6.45) is 5.24. The molecule has 3 heteroatoms. The predicted molar refractivity (Wildman–Crippen MR) is 54.4 cm³/mol. The van der Waals surface area contributed by atoms with Gasteiger partial charge in [-0.1, -0.05) is 17.7 Å². The first kappa shape index (κ1) is 11.0. The van der Waals surface area contributed by atoms with Crippen LogP contribution < -0.4 is 0 Å². The molecule has 0 radical (unpaired) electrons. The predicted octanol–water partition coefficient (Wildman–Crippen LogP) is 2.93. The third-order valence-corrected chi connectivity index (χ3v) is 2.21. The maximum Gasteiger partial charge on any atom is 0.124 e. The van der Waals surface area contributed by atoms with Gasteiger partial charge in [0, 0.05) is 11.4 Å². The second-order valence-corrected chi connectivity index (χ2v) is 3.33. The van der Waals surface area contributed by atoms with Gasteiger partial charge in [0.15, 0.2) is 0 Å². The molecule has 0 spiro atoms. The molecule has 0 aliphatic rings. The Morgan fingerprint density at radius 3 is 2.86 bits per heavy atom. The van der Waals surface area contributed by atoms with Gasteiger partial charge in [-0.2, -0.15) is 0 Å². The van der Waals surface area contributed by atoms with E-state index in [2.05, 4.69) is 5.92 Å². The molecule has 0 aromatic heterocycles. The lowest BCUT2D eigenvalue weighted by molar-refractivity contribution is 0.169. The number of rotatable bonds is 3. The highest BCUT2D eigenvalue weighted by Crippen LogP contribution is 2.26. The number of terminal acetylenes is 1. The van der Waals surface area contributed by atoms with Crippen molar-refractivity contribution in [2.24, 2.45) is 0 Å². The minimum Gasteiger partial charge on any atom is -0.388 e. The summed E-state index contributed by atoms with van der Waals surface area (Å²) in [6.45, 7) is 0. The third-order valence-electron chi connectivity index (χ3n) is 1.88. The van der Waals surface area contributed by atoms with Crippen LogP contribution in [-0.4, -0.2) is 5.11 Å². The number of hydrogen-bond acceptors (Lipinski definition) is 1. The molecule has 0 aliphatic carbocycles. The van der Waals surface area contributed by atoms with Gasteiger partial charge in [0.25, 0.3) is 0 Å². The standard InChI is InChI=1S/C11H10ClFO/c1-2-3-4-11(14)9-6-5-8(13)7-10(9)12/h1,5-7,11,14H,3-4H2. The van der Waals surface area contributed by atoms with E-state index >= 15 is 0 Å². The average Bonchev–Trinajstić information content (AvgIpc) is 2.14. The summed E-state index contributed by atoms with van der Waals surface area (Å²) in [5.41, 5.74) is 0.517. The zero-order valence-electron chi connectivity index (χ0n) is 7.50. The molecular weight excluding hydrogens is 203 g/mol. The maximum atomic E-state index is 12.7. The van der Waals surface area contributed by atoms with Gasteiger partial charge in [0.1, 0.15) is 5.82 Å². The molecule has 1 aromatic carbocycles. The van der Waals surface area contributed by atoms with Crippen LogP contribution in [0.5, 0.6) is 0 Å². The van der Waals surface area contributed by atoms with Crippen molar-refractivity contribution in [3.05, 3.63) is 34.6 Å². The summed E-state index contributed by atoms with van der Waals surface area (Å²) in [7, 11) is 0. The second kappa shape index (κ2) is 4.99. The van der Waals surface area contributed by atoms with Crippen LogP contribution >= 0.6 is 11.6 Å². The van der Waals surface area contributed by atoms with Crippen molar-refractivity contribution in [1.29, 1.82) is 0 Å². The van der Waals surface area contributed by atoms with Crippen LogP contribution in [0.2, 0.25) is 5.02 Å². The molecule has 1 unspecified atom stereocenters. The summed E-state index contributed by atoms with van der Waals surface area (Å²) in [5, 5.41) is 9.85. The van der Waals surface area contributed by atoms with Crippen molar-refractivity contribution in [2.75, 3.05) is 0 Å². The highest BCUT2D eigenvalue weighted by atomic mass is 35.5. The van der Waals surface area contributed by atoms with Crippen LogP contribution in [0.4, 0.5) is 4.39 Å². The molecule has 1 rings (SSSR count). The van der Waals surface area contributed by atoms with Gasteiger partial charge >= 0.3 is 0 Å². The number of hydrogen-bond donors (Lipinski definition) is 1. The van der Waals surface area contributed by atoms with Crippen molar-refractivity contribution >= 4 is 11.6 Å². The topological polar surface area (TPSA) is 20.2 Å². The molecule has 0 saturated heterocycles. The molecule has 0 fully saturated rings. The Labute approximate surface area is 87.5 Å². The van der Waals surface area contributed by atoms with Gasteiger partial charge < -0.3 is 5.11 Å². The third kappa shape index (κ3) is 2.73. The van der Waals surface area contributed by atoms with E-state index in [1.165, 1.54) is 18.2 Å². The lowest BCUT2D eigenvalue weighted by atomic mass is 10.1. The Balaban J connectivity index is 2.80. The van der Waals surface area contributed by atoms with Crippen LogP contribution in [0.15, 0.2) is 18.2 Å². The lowest BCUT2D eigenvalue weighted by Gasteiger charge is -2.10. The fraction of sp³-hybridized carbons (Fsp3) is 0.273. The molecule has 1 atom stereocenters. The van der Waals surface area contributed by atoms with E-state index in [0.29, 0.717) is 18.4 Å². The Morgan fingerprint density at radius 1 is 1.57 bits per heavy atom. The van der Waals surface area contributed by atoms with E-state index < -0.39 is 11.9 Å². The molecule has 74 valence electrons. The number of aliphatic hydroxyl groups is 1. The molecule has 0 heterocycles. The van der Waals surface area contributed by atoms with Gasteiger partial charge in [0.05, 0.1) is 6.10 Å². The zero-order valence-corrected chi connectivity index (χ0v) is 8.26. The smallest absolute Gasteiger partial charge is 0.124 e. The van der Waals surface area contributed by atoms with Crippen LogP contribution in [0.25, 0.3) is 0 Å². The first-order valence-electron chi connectivity index (χ1n) is 4.21. The number of halogens is 2. The van der Waals surface area contributed by atoms with Gasteiger partial charge in [0.2, 0.25) is 0 Å². The van der Waals surface area contributed by atoms with Crippen molar-refractivity contribution in [1.82, 2.24) is 0 Å². The van der Waals surface area contributed by atoms with Gasteiger partial charge in [-0.05, 0) is 24.1 Å². The minimum atomic E-state index is -0.723. The van der Waals surface area contributed by atoms with Crippen molar-refractivity contribution in [2.45, 2.75) is 18.9 Å². The monoisotopic (exact) mass is 212 g/mol. The molecule has 1 aromatic rings. The Kier molecular flexibility index (Phi) is 3.94. The highest BCUT2D eigenvalue weighted by Gasteiger charge is 2.11. The molecule has 14 heavy (non-hydrogen) atoms. The molecule has 0 bridgehead atoms. The van der Waals surface area contributed by atoms with Gasteiger partial charge in [-0.25, -0.2) is 4.39 Å². The number of aliphatic hydroxyl groups excluding tert-OH is 1. The first-order valence-corrected chi connectivity index (χ1v) is 4.59. The average molecular weight is 213 g/mol. The molecule has 0 saturated carbocycles. The van der Waals surface area contributed by atoms with Crippen molar-refractivity contribution in [3.8, 4) is 12.3 Å². The van der Waals surface area contributed by atoms with E-state index in [1.54, 1.807) is 0 Å². The maximum absolute atomic E-state index is 12.7. The summed E-state index contributed by atoms with van der Waals surface area (Å²) in [5.74, 6) is 2.01. The summed E-state index contributed by atoms with van der Waals surface area (Å²) in [6, 6.07) is 3.91. The van der Waals surface area contributed by atoms with Crippen molar-refractivity contribution < 1.29 is 9.50 Å². The molecule has 1 nitrogen and oxygen atoms in total. The van der Waals surface area contributed by atoms with Crippen LogP contribution in [0.1, 0.15) is 24.5 Å². The molecular formula is C11H10ClFO. The van der Waals surface area contributed by atoms with Crippen LogP contribution in [-0.2, 0) is 0 Å². The van der Waals surface area contributed by atoms with Gasteiger partial charge in [-0.3, -0.25) is 0 Å². The fourth-order valence-corrected chi connectivity index (χ4v) is 1.44. The first-order chi connectivity index (χ1) is 6.65. The Bertz CT molecular complexity index is 357. The Morgan fingerprint density at radius 2 is 2.29 bits per heavy atom. The second-order valence-electron chi connectivity index (χ2n) is 2.92. The van der Waals surface area contributed by atoms with E-state index in [4.69, 9.17) is 18.0 Å². The fourth-order valence-electron chi connectivity index (χ4n) is 1.15. The normalized spacial score (nSPS) is 12.1. The van der Waals surface area contributed by atoms with Crippen LogP contribution in [0, 0.1) is 18.2 Å². The molecule has 0 amide bonds. The van der Waals surface area contributed by atoms with E-state index in [9.17, 15) is 9.50 Å². The summed E-state index contributed by atoms with van der Waals surface area (Å²) >= 11 is 5.75. The highest BCUT2D eigenvalue weighted by molar-refractivity contribution is 6.31. The van der Waals surface area contributed by atoms with E-state index in [0.717, 1.165) is 0 Å². The Hall–Kier alpha value is -1.04. The largest absolute Gasteiger partial charge is 0.388 e. The minimum absolute atomic E-state index is 0.231. The van der Waals surface area contributed by atoms with Crippen LogP contribution in [0.3, 0.4) is 0 Å². The quantitative estimate of drug-likeness (QED) is 0.764. The summed E-state index contributed by atoms with van der Waals surface area (Å²) in [4.78, 5) is 0. The lowest BCUT2D eigenvalue weighted by Crippen LogP contribution is -1.98. The molecule has 0 aliphatic heterocycles. The molecule has 1 N–H and O–H groups in total. The van der Waals surface area contributed by atoms with Gasteiger partial charge in [-0.15, -0.1) is 12.3 Å². The van der Waals surface area contributed by atoms with E-state index in [-0.39, 0.29) is 5.02 Å². The van der Waals surface area contributed by atoms with E-state index in [1.807, 2.05) is 0 Å². The van der Waals surface area contributed by atoms with Crippen molar-refractivity contribution in [3.63, 3.8) is 0 Å². The summed E-state index contributed by atoms with van der Waals surface area (Å²) < 4.78 is 12.7. The zero-order chi connectivity index (χ0) is 10.6. The number of benzene rings is 1.